The van der Waals surface area contributed by atoms with E-state index in [0.29, 0.717) is 31.8 Å². The maximum atomic E-state index is 13.4. The Labute approximate surface area is 181 Å². The Morgan fingerprint density at radius 2 is 2.00 bits per heavy atom. The van der Waals surface area contributed by atoms with Crippen LogP contribution in [-0.2, 0) is 10.0 Å². The first-order valence-corrected chi connectivity index (χ1v) is 12.9. The molecule has 0 aromatic rings. The Bertz CT molecular complexity index is 683. The molecule has 0 aromatic heterocycles. The molecule has 30 heavy (non-hydrogen) atoms. The molecule has 7 unspecified atom stereocenters. The minimum atomic E-state index is -4.30. The van der Waals surface area contributed by atoms with Crippen molar-refractivity contribution in [3.8, 4) is 0 Å². The molecular formula is C18H33ClF3N5O2S. The first kappa shape index (κ1) is 24.5. The largest absolute Gasteiger partial charge is 0.393 e. The van der Waals surface area contributed by atoms with Crippen LogP contribution in [0.2, 0.25) is 0 Å². The Morgan fingerprint density at radius 1 is 1.27 bits per heavy atom. The van der Waals surface area contributed by atoms with Crippen molar-refractivity contribution in [1.29, 1.82) is 0 Å². The SMILES string of the molecule is CS(=O)(=O)NCC1CNC(C2CCC(Cl)C(C(F)(F)F)C2)NC1N1CCC(CN)C1. The van der Waals surface area contributed by atoms with Crippen LogP contribution in [0.3, 0.4) is 0 Å². The Hall–Kier alpha value is -0.170. The van der Waals surface area contributed by atoms with Gasteiger partial charge >= 0.3 is 6.18 Å². The van der Waals surface area contributed by atoms with Gasteiger partial charge in [-0.2, -0.15) is 13.2 Å². The van der Waals surface area contributed by atoms with Crippen LogP contribution < -0.4 is 21.1 Å². The van der Waals surface area contributed by atoms with Crippen LogP contribution in [0.15, 0.2) is 0 Å². The average molecular weight is 476 g/mol. The van der Waals surface area contributed by atoms with Gasteiger partial charge in [-0.05, 0) is 44.1 Å². The number of rotatable bonds is 6. The van der Waals surface area contributed by atoms with E-state index >= 15 is 0 Å². The third-order valence-corrected chi connectivity index (χ3v) is 7.96. The third kappa shape index (κ3) is 6.20. The Balaban J connectivity index is 1.70. The zero-order valence-corrected chi connectivity index (χ0v) is 18.7. The zero-order chi connectivity index (χ0) is 22.1. The molecule has 3 aliphatic rings. The van der Waals surface area contributed by atoms with Gasteiger partial charge in [-0.3, -0.25) is 10.2 Å². The second-order valence-corrected chi connectivity index (χ2v) is 11.4. The summed E-state index contributed by atoms with van der Waals surface area (Å²) < 4.78 is 65.9. The van der Waals surface area contributed by atoms with Crippen LogP contribution in [0, 0.1) is 23.7 Å². The van der Waals surface area contributed by atoms with Gasteiger partial charge in [0.2, 0.25) is 10.0 Å². The first-order valence-electron chi connectivity index (χ1n) is 10.6. The Kier molecular flexibility index (Phi) is 7.96. The molecule has 1 aliphatic carbocycles. The highest BCUT2D eigenvalue weighted by molar-refractivity contribution is 7.88. The lowest BCUT2D eigenvalue weighted by atomic mass is 9.78. The zero-order valence-electron chi connectivity index (χ0n) is 17.2. The van der Waals surface area contributed by atoms with E-state index < -0.39 is 27.5 Å². The lowest BCUT2D eigenvalue weighted by Gasteiger charge is -2.47. The molecule has 2 aliphatic heterocycles. The number of nitrogens with zero attached hydrogens (tertiary/aromatic N) is 1. The van der Waals surface area contributed by atoms with Crippen molar-refractivity contribution in [1.82, 2.24) is 20.3 Å². The summed E-state index contributed by atoms with van der Waals surface area (Å²) in [6.45, 7) is 3.01. The van der Waals surface area contributed by atoms with E-state index in [0.717, 1.165) is 25.8 Å². The second kappa shape index (κ2) is 9.76. The Morgan fingerprint density at radius 3 is 2.60 bits per heavy atom. The van der Waals surface area contributed by atoms with Gasteiger partial charge in [-0.1, -0.05) is 0 Å². The van der Waals surface area contributed by atoms with Gasteiger partial charge in [0, 0.05) is 37.5 Å². The molecule has 1 saturated carbocycles. The van der Waals surface area contributed by atoms with Crippen molar-refractivity contribution < 1.29 is 21.6 Å². The fraction of sp³-hybridized carbons (Fsp3) is 1.00. The van der Waals surface area contributed by atoms with Crippen LogP contribution >= 0.6 is 11.6 Å². The standard InChI is InChI=1S/C18H33ClF3N5O2S/c1-30(28,29)25-9-13-8-24-16(26-17(13)27-5-4-11(7-23)10-27)12-2-3-15(19)14(6-12)18(20,21)22/h11-17,24-26H,2-10,23H2,1H3. The molecule has 0 amide bonds. The molecule has 2 heterocycles. The van der Waals surface area contributed by atoms with Crippen molar-refractivity contribution in [3.05, 3.63) is 0 Å². The fourth-order valence-electron chi connectivity index (χ4n) is 5.03. The van der Waals surface area contributed by atoms with Crippen LogP contribution in [0.4, 0.5) is 13.2 Å². The van der Waals surface area contributed by atoms with Crippen molar-refractivity contribution in [2.24, 2.45) is 29.4 Å². The van der Waals surface area contributed by atoms with E-state index in [1.54, 1.807) is 0 Å². The number of halogens is 4. The summed E-state index contributed by atoms with van der Waals surface area (Å²) >= 11 is 6.00. The topological polar surface area (TPSA) is 99.5 Å². The number of alkyl halides is 4. The summed E-state index contributed by atoms with van der Waals surface area (Å²) in [6, 6.07) is 0. The number of hydrogen-bond donors (Lipinski definition) is 4. The molecule has 3 rings (SSSR count). The van der Waals surface area contributed by atoms with Crippen molar-refractivity contribution in [2.75, 3.05) is 39.0 Å². The van der Waals surface area contributed by atoms with Crippen molar-refractivity contribution >= 4 is 21.6 Å². The summed E-state index contributed by atoms with van der Waals surface area (Å²) in [7, 11) is -3.33. The van der Waals surface area contributed by atoms with E-state index in [1.807, 2.05) is 0 Å². The smallest absolute Gasteiger partial charge is 0.330 e. The van der Waals surface area contributed by atoms with Gasteiger partial charge in [-0.25, -0.2) is 13.1 Å². The highest BCUT2D eigenvalue weighted by atomic mass is 35.5. The van der Waals surface area contributed by atoms with Crippen LogP contribution in [-0.4, -0.2) is 76.2 Å². The first-order chi connectivity index (χ1) is 14.0. The second-order valence-electron chi connectivity index (χ2n) is 9.00. The number of nitrogens with one attached hydrogen (secondary N) is 3. The molecule has 7 atom stereocenters. The lowest BCUT2D eigenvalue weighted by Crippen LogP contribution is -2.67. The molecular weight excluding hydrogens is 443 g/mol. The van der Waals surface area contributed by atoms with Gasteiger partial charge < -0.3 is 11.1 Å². The van der Waals surface area contributed by atoms with Gasteiger partial charge in [0.25, 0.3) is 0 Å². The van der Waals surface area contributed by atoms with Crippen molar-refractivity contribution in [2.45, 2.75) is 49.6 Å². The minimum absolute atomic E-state index is 0.00721. The number of nitrogens with two attached hydrogens (primary N) is 1. The monoisotopic (exact) mass is 475 g/mol. The molecule has 12 heteroatoms. The molecule has 7 nitrogen and oxygen atoms in total. The van der Waals surface area contributed by atoms with Gasteiger partial charge in [0.15, 0.2) is 0 Å². The predicted molar refractivity (Wildman–Crippen MR) is 110 cm³/mol. The van der Waals surface area contributed by atoms with Crippen molar-refractivity contribution in [3.63, 3.8) is 0 Å². The lowest BCUT2D eigenvalue weighted by molar-refractivity contribution is -0.186. The van der Waals surface area contributed by atoms with Gasteiger partial charge in [0.1, 0.15) is 0 Å². The van der Waals surface area contributed by atoms with E-state index in [1.165, 1.54) is 0 Å². The maximum Gasteiger partial charge on any atom is 0.393 e. The van der Waals surface area contributed by atoms with Gasteiger partial charge in [-0.15, -0.1) is 11.6 Å². The summed E-state index contributed by atoms with van der Waals surface area (Å²) in [6.07, 6.45) is -1.66. The number of likely N-dealkylation sites (tertiary alicyclic amines) is 1. The minimum Gasteiger partial charge on any atom is -0.330 e. The molecule has 2 saturated heterocycles. The predicted octanol–water partition coefficient (Wildman–Crippen LogP) is 0.863. The molecule has 0 bridgehead atoms. The van der Waals surface area contributed by atoms with E-state index in [-0.39, 0.29) is 37.1 Å². The van der Waals surface area contributed by atoms with E-state index in [4.69, 9.17) is 17.3 Å². The average Bonchev–Trinajstić information content (AvgIpc) is 3.14. The summed E-state index contributed by atoms with van der Waals surface area (Å²) in [5.74, 6) is -1.36. The molecule has 5 N–H and O–H groups in total. The molecule has 0 aromatic carbocycles. The highest BCUT2D eigenvalue weighted by Crippen LogP contribution is 2.43. The fourth-order valence-corrected chi connectivity index (χ4v) is 5.92. The summed E-state index contributed by atoms with van der Waals surface area (Å²) in [5.41, 5.74) is 5.82. The van der Waals surface area contributed by atoms with Crippen LogP contribution in [0.5, 0.6) is 0 Å². The molecule has 0 radical (unpaired) electrons. The number of sulfonamides is 1. The number of hydrogen-bond acceptors (Lipinski definition) is 6. The summed E-state index contributed by atoms with van der Waals surface area (Å²) in [5, 5.41) is 5.97. The summed E-state index contributed by atoms with van der Waals surface area (Å²) in [4.78, 5) is 2.26. The van der Waals surface area contributed by atoms with E-state index in [2.05, 4.69) is 20.3 Å². The molecule has 0 spiro atoms. The van der Waals surface area contributed by atoms with E-state index in [9.17, 15) is 21.6 Å². The van der Waals surface area contributed by atoms with Gasteiger partial charge in [0.05, 0.1) is 24.5 Å². The quantitative estimate of drug-likeness (QED) is 0.425. The third-order valence-electron chi connectivity index (χ3n) is 6.75. The normalized spacial score (nSPS) is 39.3. The molecule has 3 fully saturated rings. The van der Waals surface area contributed by atoms with Crippen LogP contribution in [0.1, 0.15) is 25.7 Å². The molecule has 176 valence electrons. The maximum absolute atomic E-state index is 13.4. The van der Waals surface area contributed by atoms with Crippen LogP contribution in [0.25, 0.3) is 0 Å². The highest BCUT2D eigenvalue weighted by Gasteiger charge is 2.49.